The maximum absolute atomic E-state index is 12.0. The van der Waals surface area contributed by atoms with Crippen LogP contribution >= 0.6 is 0 Å². The number of carboxylic acid groups (broad SMARTS) is 1. The molecule has 0 aromatic rings. The standard InChI is InChI=1S/C13H22N2O3/c1-12(2)6-7-15(9-12)11(18)14-8-13(10(16)17)4-3-5-13/h3-9H2,1-2H3,(H,14,18)(H,16,17). The normalized spacial score (nSPS) is 24.4. The van der Waals surface area contributed by atoms with Crippen LogP contribution in [0.3, 0.4) is 0 Å². The molecule has 1 heterocycles. The highest BCUT2D eigenvalue weighted by atomic mass is 16.4. The molecule has 1 aliphatic heterocycles. The summed E-state index contributed by atoms with van der Waals surface area (Å²) in [6.45, 7) is 6.06. The number of likely N-dealkylation sites (tertiary alicyclic amines) is 1. The van der Waals surface area contributed by atoms with Crippen molar-refractivity contribution < 1.29 is 14.7 Å². The lowest BCUT2D eigenvalue weighted by Crippen LogP contribution is -2.50. The highest BCUT2D eigenvalue weighted by molar-refractivity contribution is 5.79. The minimum absolute atomic E-state index is 0.117. The van der Waals surface area contributed by atoms with E-state index in [0.717, 1.165) is 25.9 Å². The Balaban J connectivity index is 1.84. The zero-order valence-electron chi connectivity index (χ0n) is 11.2. The summed E-state index contributed by atoms with van der Waals surface area (Å²) in [6.07, 6.45) is 3.30. The first kappa shape index (κ1) is 13.2. The lowest BCUT2D eigenvalue weighted by molar-refractivity contribution is -0.153. The molecule has 5 heteroatoms. The second-order valence-electron chi connectivity index (χ2n) is 6.43. The van der Waals surface area contributed by atoms with Gasteiger partial charge in [-0.25, -0.2) is 4.79 Å². The minimum atomic E-state index is -0.782. The molecule has 5 nitrogen and oxygen atoms in total. The number of hydrogen-bond donors (Lipinski definition) is 2. The molecule has 18 heavy (non-hydrogen) atoms. The molecule has 102 valence electrons. The highest BCUT2D eigenvalue weighted by Crippen LogP contribution is 2.40. The minimum Gasteiger partial charge on any atom is -0.481 e. The van der Waals surface area contributed by atoms with E-state index in [0.29, 0.717) is 12.8 Å². The average molecular weight is 254 g/mol. The molecule has 2 rings (SSSR count). The van der Waals surface area contributed by atoms with Crippen molar-refractivity contribution >= 4 is 12.0 Å². The van der Waals surface area contributed by atoms with Crippen LogP contribution in [0.15, 0.2) is 0 Å². The molecule has 0 spiro atoms. The number of aliphatic carboxylic acids is 1. The van der Waals surface area contributed by atoms with Gasteiger partial charge in [-0.2, -0.15) is 0 Å². The van der Waals surface area contributed by atoms with Gasteiger partial charge < -0.3 is 15.3 Å². The van der Waals surface area contributed by atoms with Crippen molar-refractivity contribution in [2.45, 2.75) is 39.5 Å². The summed E-state index contributed by atoms with van der Waals surface area (Å²) >= 11 is 0. The SMILES string of the molecule is CC1(C)CCN(C(=O)NCC2(C(=O)O)CCC2)C1. The number of hydrogen-bond acceptors (Lipinski definition) is 2. The Morgan fingerprint density at radius 3 is 2.33 bits per heavy atom. The molecule has 2 amide bonds. The van der Waals surface area contributed by atoms with Crippen LogP contribution in [0.4, 0.5) is 4.79 Å². The van der Waals surface area contributed by atoms with Crippen molar-refractivity contribution in [2.24, 2.45) is 10.8 Å². The van der Waals surface area contributed by atoms with Crippen LogP contribution in [0.25, 0.3) is 0 Å². The molecule has 0 radical (unpaired) electrons. The van der Waals surface area contributed by atoms with Crippen LogP contribution in [0.5, 0.6) is 0 Å². The lowest BCUT2D eigenvalue weighted by Gasteiger charge is -2.38. The van der Waals surface area contributed by atoms with Crippen molar-refractivity contribution in [1.29, 1.82) is 0 Å². The van der Waals surface area contributed by atoms with Crippen LogP contribution in [-0.2, 0) is 4.79 Å². The van der Waals surface area contributed by atoms with E-state index >= 15 is 0 Å². The van der Waals surface area contributed by atoms with E-state index in [-0.39, 0.29) is 18.0 Å². The van der Waals surface area contributed by atoms with Gasteiger partial charge in [0.2, 0.25) is 0 Å². The number of carbonyl (C=O) groups excluding carboxylic acids is 1. The van der Waals surface area contributed by atoms with Gasteiger partial charge in [-0.1, -0.05) is 20.3 Å². The quantitative estimate of drug-likeness (QED) is 0.805. The fraction of sp³-hybridized carbons (Fsp3) is 0.846. The van der Waals surface area contributed by atoms with Gasteiger partial charge in [-0.15, -0.1) is 0 Å². The van der Waals surface area contributed by atoms with Crippen LogP contribution in [0, 0.1) is 10.8 Å². The molecular formula is C13H22N2O3. The van der Waals surface area contributed by atoms with E-state index < -0.39 is 11.4 Å². The number of nitrogens with zero attached hydrogens (tertiary/aromatic N) is 1. The highest BCUT2D eigenvalue weighted by Gasteiger charge is 2.45. The summed E-state index contributed by atoms with van der Waals surface area (Å²) in [5, 5.41) is 12.0. The third-order valence-electron chi connectivity index (χ3n) is 4.31. The van der Waals surface area contributed by atoms with Gasteiger partial charge >= 0.3 is 12.0 Å². The van der Waals surface area contributed by atoms with Crippen molar-refractivity contribution in [1.82, 2.24) is 10.2 Å². The van der Waals surface area contributed by atoms with Crippen molar-refractivity contribution in [3.05, 3.63) is 0 Å². The van der Waals surface area contributed by atoms with E-state index in [9.17, 15) is 14.7 Å². The predicted molar refractivity (Wildman–Crippen MR) is 67.3 cm³/mol. The van der Waals surface area contributed by atoms with Gasteiger partial charge in [0.1, 0.15) is 0 Å². The molecular weight excluding hydrogens is 232 g/mol. The van der Waals surface area contributed by atoms with Crippen LogP contribution < -0.4 is 5.32 Å². The first-order valence-electron chi connectivity index (χ1n) is 6.61. The average Bonchev–Trinajstić information content (AvgIpc) is 2.56. The monoisotopic (exact) mass is 254 g/mol. The molecule has 2 aliphatic rings. The molecule has 0 unspecified atom stereocenters. The Morgan fingerprint density at radius 2 is 1.94 bits per heavy atom. The maximum Gasteiger partial charge on any atom is 0.317 e. The number of nitrogens with one attached hydrogen (secondary N) is 1. The topological polar surface area (TPSA) is 69.6 Å². The first-order valence-corrected chi connectivity index (χ1v) is 6.61. The first-order chi connectivity index (χ1) is 8.35. The largest absolute Gasteiger partial charge is 0.481 e. The number of carbonyl (C=O) groups is 2. The van der Waals surface area contributed by atoms with Crippen LogP contribution in [0.1, 0.15) is 39.5 Å². The Kier molecular flexibility index (Phi) is 3.25. The van der Waals surface area contributed by atoms with Gasteiger partial charge in [0.05, 0.1) is 5.41 Å². The summed E-state index contributed by atoms with van der Waals surface area (Å²) in [5.74, 6) is -0.782. The number of urea groups is 1. The smallest absolute Gasteiger partial charge is 0.317 e. The fourth-order valence-corrected chi connectivity index (χ4v) is 2.71. The zero-order valence-corrected chi connectivity index (χ0v) is 11.2. The Labute approximate surface area is 108 Å². The summed E-state index contributed by atoms with van der Waals surface area (Å²) in [6, 6.07) is -0.117. The van der Waals surface area contributed by atoms with E-state index in [1.54, 1.807) is 4.90 Å². The zero-order chi connectivity index (χ0) is 13.4. The van der Waals surface area contributed by atoms with E-state index in [2.05, 4.69) is 19.2 Å². The van der Waals surface area contributed by atoms with Gasteiger partial charge in [0.15, 0.2) is 0 Å². The second-order valence-corrected chi connectivity index (χ2v) is 6.43. The molecule has 1 saturated heterocycles. The molecule has 1 saturated carbocycles. The summed E-state index contributed by atoms with van der Waals surface area (Å²) in [5.41, 5.74) is -0.525. The lowest BCUT2D eigenvalue weighted by atomic mass is 9.69. The van der Waals surface area contributed by atoms with Crippen LogP contribution in [-0.4, -0.2) is 41.6 Å². The molecule has 0 aromatic heterocycles. The Morgan fingerprint density at radius 1 is 1.28 bits per heavy atom. The third-order valence-corrected chi connectivity index (χ3v) is 4.31. The molecule has 0 atom stereocenters. The fourth-order valence-electron chi connectivity index (χ4n) is 2.71. The Hall–Kier alpha value is -1.26. The number of amides is 2. The van der Waals surface area contributed by atoms with E-state index in [4.69, 9.17) is 0 Å². The van der Waals surface area contributed by atoms with Gasteiger partial charge in [0.25, 0.3) is 0 Å². The second kappa shape index (κ2) is 4.44. The summed E-state index contributed by atoms with van der Waals surface area (Å²) in [4.78, 5) is 24.9. The van der Waals surface area contributed by atoms with E-state index in [1.807, 2.05) is 0 Å². The van der Waals surface area contributed by atoms with Gasteiger partial charge in [-0.05, 0) is 24.7 Å². The third kappa shape index (κ3) is 2.44. The van der Waals surface area contributed by atoms with Crippen molar-refractivity contribution in [3.63, 3.8) is 0 Å². The number of rotatable bonds is 3. The van der Waals surface area contributed by atoms with Crippen molar-refractivity contribution in [2.75, 3.05) is 19.6 Å². The molecule has 0 aromatic carbocycles. The maximum atomic E-state index is 12.0. The molecule has 1 aliphatic carbocycles. The number of carboxylic acids is 1. The molecule has 0 bridgehead atoms. The van der Waals surface area contributed by atoms with E-state index in [1.165, 1.54) is 0 Å². The molecule has 2 N–H and O–H groups in total. The van der Waals surface area contributed by atoms with Crippen LogP contribution in [0.2, 0.25) is 0 Å². The Bertz CT molecular complexity index is 361. The van der Waals surface area contributed by atoms with Gasteiger partial charge in [0, 0.05) is 19.6 Å². The predicted octanol–water partition coefficient (Wildman–Crippen LogP) is 1.68. The summed E-state index contributed by atoms with van der Waals surface area (Å²) < 4.78 is 0. The summed E-state index contributed by atoms with van der Waals surface area (Å²) in [7, 11) is 0. The molecule has 2 fully saturated rings. The van der Waals surface area contributed by atoms with Gasteiger partial charge in [-0.3, -0.25) is 4.79 Å². The van der Waals surface area contributed by atoms with Crippen molar-refractivity contribution in [3.8, 4) is 0 Å².